The number of hydrogen-bond acceptors (Lipinski definition) is 8. The van der Waals surface area contributed by atoms with Crippen LogP contribution in [0.1, 0.15) is 28.9 Å². The highest BCUT2D eigenvalue weighted by Gasteiger charge is 2.15. The second kappa shape index (κ2) is 6.26. The van der Waals surface area contributed by atoms with E-state index in [0.29, 0.717) is 22.3 Å². The summed E-state index contributed by atoms with van der Waals surface area (Å²) in [6.07, 6.45) is 0. The second-order valence-electron chi connectivity index (χ2n) is 3.79. The normalized spacial score (nSPS) is 11.6. The van der Waals surface area contributed by atoms with E-state index in [1.807, 2.05) is 0 Å². The predicted molar refractivity (Wildman–Crippen MR) is 71.3 cm³/mol. The first-order valence-corrected chi connectivity index (χ1v) is 6.42. The molecule has 0 aliphatic rings. The van der Waals surface area contributed by atoms with Gasteiger partial charge >= 0.3 is 0 Å². The molecule has 0 aromatic carbocycles. The monoisotopic (exact) mass is 296 g/mol. The van der Waals surface area contributed by atoms with Gasteiger partial charge in [-0.05, 0) is 6.92 Å². The summed E-state index contributed by atoms with van der Waals surface area (Å²) in [6, 6.07) is 1.49. The second-order valence-corrected chi connectivity index (χ2v) is 4.65. The van der Waals surface area contributed by atoms with Crippen LogP contribution in [0, 0.1) is 0 Å². The van der Waals surface area contributed by atoms with E-state index in [-0.39, 0.29) is 12.3 Å². The Labute approximate surface area is 118 Å². The van der Waals surface area contributed by atoms with Crippen molar-refractivity contribution in [2.24, 2.45) is 5.16 Å². The summed E-state index contributed by atoms with van der Waals surface area (Å²) in [4.78, 5) is 16.0. The van der Waals surface area contributed by atoms with Crippen molar-refractivity contribution >= 4 is 28.1 Å². The highest BCUT2D eigenvalue weighted by atomic mass is 32.1. The Kier molecular flexibility index (Phi) is 4.43. The number of thiazole rings is 1. The average Bonchev–Trinajstić information content (AvgIpc) is 3.07. The highest BCUT2D eigenvalue weighted by Crippen LogP contribution is 2.17. The molecule has 1 amide bonds. The molecule has 2 N–H and O–H groups in total. The Morgan fingerprint density at radius 3 is 3.10 bits per heavy atom. The van der Waals surface area contributed by atoms with Gasteiger partial charge in [0.2, 0.25) is 0 Å². The molecular formula is C11H12N4O4S. The van der Waals surface area contributed by atoms with Crippen molar-refractivity contribution in [3.05, 3.63) is 28.6 Å². The van der Waals surface area contributed by atoms with Crippen molar-refractivity contribution in [2.75, 3.05) is 12.4 Å². The maximum Gasteiger partial charge on any atom is 0.279 e. The first-order chi connectivity index (χ1) is 9.63. The van der Waals surface area contributed by atoms with Crippen molar-refractivity contribution in [1.82, 2.24) is 10.1 Å². The van der Waals surface area contributed by atoms with E-state index < -0.39 is 5.91 Å². The van der Waals surface area contributed by atoms with E-state index in [9.17, 15) is 4.79 Å². The summed E-state index contributed by atoms with van der Waals surface area (Å²) in [6.45, 7) is 1.85. The Hall–Kier alpha value is -2.26. The minimum atomic E-state index is -0.435. The van der Waals surface area contributed by atoms with E-state index in [1.54, 1.807) is 12.3 Å². The Morgan fingerprint density at radius 2 is 2.40 bits per heavy atom. The lowest BCUT2D eigenvalue weighted by Gasteiger charge is -1.96. The van der Waals surface area contributed by atoms with Gasteiger partial charge in [0.1, 0.15) is 18.0 Å². The summed E-state index contributed by atoms with van der Waals surface area (Å²) in [5.41, 5.74) is 1.000. The number of ether oxygens (including phenoxy) is 1. The van der Waals surface area contributed by atoms with Gasteiger partial charge in [0.05, 0.1) is 0 Å². The zero-order valence-electron chi connectivity index (χ0n) is 10.8. The summed E-state index contributed by atoms with van der Waals surface area (Å²) in [7, 11) is 1.52. The maximum atomic E-state index is 11.9. The first kappa shape index (κ1) is 14.2. The van der Waals surface area contributed by atoms with Crippen molar-refractivity contribution in [1.29, 1.82) is 0 Å². The van der Waals surface area contributed by atoms with E-state index >= 15 is 0 Å². The molecule has 0 unspecified atom stereocenters. The Morgan fingerprint density at radius 1 is 1.60 bits per heavy atom. The van der Waals surface area contributed by atoms with Crippen molar-refractivity contribution in [2.45, 2.75) is 13.5 Å². The van der Waals surface area contributed by atoms with Crippen LogP contribution < -0.4 is 5.32 Å². The number of amides is 1. The molecule has 0 radical (unpaired) electrons. The molecule has 0 aliphatic carbocycles. The number of aromatic nitrogens is 2. The van der Waals surface area contributed by atoms with Crippen LogP contribution in [-0.4, -0.2) is 34.1 Å². The Bertz CT molecular complexity index is 634. The van der Waals surface area contributed by atoms with Crippen LogP contribution in [0.4, 0.5) is 5.13 Å². The summed E-state index contributed by atoms with van der Waals surface area (Å²) in [5, 5.41) is 19.9. The van der Waals surface area contributed by atoms with Gasteiger partial charge in [-0.15, -0.1) is 11.3 Å². The molecule has 0 saturated carbocycles. The molecule has 2 aromatic rings. The first-order valence-electron chi connectivity index (χ1n) is 5.54. The van der Waals surface area contributed by atoms with E-state index in [4.69, 9.17) is 14.5 Å². The molecule has 20 heavy (non-hydrogen) atoms. The molecule has 2 rings (SSSR count). The quantitative estimate of drug-likeness (QED) is 0.494. The number of anilines is 1. The predicted octanol–water partition coefficient (Wildman–Crippen LogP) is 1.73. The Balaban J connectivity index is 2.05. The van der Waals surface area contributed by atoms with Crippen LogP contribution in [0.25, 0.3) is 0 Å². The number of nitrogens with zero attached hydrogens (tertiary/aromatic N) is 3. The van der Waals surface area contributed by atoms with Gasteiger partial charge in [-0.1, -0.05) is 10.3 Å². The summed E-state index contributed by atoms with van der Waals surface area (Å²) < 4.78 is 9.79. The topological polar surface area (TPSA) is 110 Å². The zero-order chi connectivity index (χ0) is 14.5. The van der Waals surface area contributed by atoms with Crippen LogP contribution in [0.2, 0.25) is 0 Å². The third-order valence-electron chi connectivity index (χ3n) is 2.32. The fourth-order valence-electron chi connectivity index (χ4n) is 1.34. The molecule has 106 valence electrons. The molecule has 0 saturated heterocycles. The van der Waals surface area contributed by atoms with Gasteiger partial charge in [0, 0.05) is 18.6 Å². The lowest BCUT2D eigenvalue weighted by Crippen LogP contribution is -2.12. The standard InChI is InChI=1S/C11H12N4O4S/c1-6(14-17)9-5-20-11(12-9)13-10(16)8-3-7(4-18-2)19-15-8/h3,5,17H,4H2,1-2H3,(H,12,13,16). The molecule has 0 aliphatic heterocycles. The number of hydrogen-bond donors (Lipinski definition) is 2. The fourth-order valence-corrected chi connectivity index (χ4v) is 2.09. The summed E-state index contributed by atoms with van der Waals surface area (Å²) >= 11 is 1.22. The van der Waals surface area contributed by atoms with Crippen LogP contribution in [-0.2, 0) is 11.3 Å². The number of nitrogens with one attached hydrogen (secondary N) is 1. The molecule has 0 bridgehead atoms. The molecule has 2 aromatic heterocycles. The summed E-state index contributed by atoms with van der Waals surface area (Å²) in [5.74, 6) is 0.0244. The number of carbonyl (C=O) groups is 1. The lowest BCUT2D eigenvalue weighted by atomic mass is 10.3. The maximum absolute atomic E-state index is 11.9. The van der Waals surface area contributed by atoms with E-state index in [1.165, 1.54) is 24.5 Å². The van der Waals surface area contributed by atoms with Crippen LogP contribution in [0.15, 0.2) is 21.1 Å². The van der Waals surface area contributed by atoms with Crippen LogP contribution in [0.3, 0.4) is 0 Å². The molecular weight excluding hydrogens is 284 g/mol. The molecule has 0 spiro atoms. The molecule has 8 nitrogen and oxygen atoms in total. The van der Waals surface area contributed by atoms with E-state index in [0.717, 1.165) is 0 Å². The minimum absolute atomic E-state index is 0.140. The third kappa shape index (κ3) is 3.19. The molecule has 0 atom stereocenters. The van der Waals surface area contributed by atoms with Gasteiger partial charge < -0.3 is 14.5 Å². The number of carbonyl (C=O) groups excluding carboxylic acids is 1. The van der Waals surface area contributed by atoms with Gasteiger partial charge in [0.15, 0.2) is 16.6 Å². The minimum Gasteiger partial charge on any atom is -0.411 e. The van der Waals surface area contributed by atoms with Gasteiger partial charge in [-0.25, -0.2) is 4.98 Å². The smallest absolute Gasteiger partial charge is 0.279 e. The number of oxime groups is 1. The van der Waals surface area contributed by atoms with Crippen LogP contribution in [0.5, 0.6) is 0 Å². The third-order valence-corrected chi connectivity index (χ3v) is 3.08. The average molecular weight is 296 g/mol. The largest absolute Gasteiger partial charge is 0.411 e. The zero-order valence-corrected chi connectivity index (χ0v) is 11.6. The van der Waals surface area contributed by atoms with Crippen molar-refractivity contribution < 1.29 is 19.3 Å². The van der Waals surface area contributed by atoms with Gasteiger partial charge in [-0.2, -0.15) is 0 Å². The van der Waals surface area contributed by atoms with Crippen molar-refractivity contribution in [3.63, 3.8) is 0 Å². The highest BCUT2D eigenvalue weighted by molar-refractivity contribution is 7.14. The number of methoxy groups -OCH3 is 1. The van der Waals surface area contributed by atoms with Crippen molar-refractivity contribution in [3.8, 4) is 0 Å². The molecule has 2 heterocycles. The molecule has 0 fully saturated rings. The fraction of sp³-hybridized carbons (Fsp3) is 0.273. The van der Waals surface area contributed by atoms with Gasteiger partial charge in [-0.3, -0.25) is 10.1 Å². The SMILES string of the molecule is COCc1cc(C(=O)Nc2nc(C(C)=NO)cs2)no1. The molecule has 9 heteroatoms. The van der Waals surface area contributed by atoms with Gasteiger partial charge in [0.25, 0.3) is 5.91 Å². The lowest BCUT2D eigenvalue weighted by molar-refractivity contribution is 0.101. The van der Waals surface area contributed by atoms with E-state index in [2.05, 4.69) is 20.6 Å². The number of rotatable bonds is 5. The van der Waals surface area contributed by atoms with Crippen LogP contribution >= 0.6 is 11.3 Å².